The van der Waals surface area contributed by atoms with Crippen molar-refractivity contribution in [3.8, 4) is 0 Å². The molecule has 1 aromatic heterocycles. The third-order valence-corrected chi connectivity index (χ3v) is 2.75. The van der Waals surface area contributed by atoms with Gasteiger partial charge in [-0.2, -0.15) is 4.39 Å². The molecule has 0 N–H and O–H groups in total. The minimum Gasteiger partial charge on any atom is -0.366 e. The Labute approximate surface area is 103 Å². The van der Waals surface area contributed by atoms with Gasteiger partial charge in [0.1, 0.15) is 0 Å². The molecule has 0 fully saturated rings. The summed E-state index contributed by atoms with van der Waals surface area (Å²) in [7, 11) is 1.93. The number of aromatic nitrogens is 1. The first-order chi connectivity index (χ1) is 7.04. The fourth-order valence-corrected chi connectivity index (χ4v) is 1.33. The van der Waals surface area contributed by atoms with Crippen LogP contribution in [0.15, 0.2) is 11.1 Å². The summed E-state index contributed by atoms with van der Waals surface area (Å²) in [5, 5.41) is 0. The van der Waals surface area contributed by atoms with Crippen LogP contribution in [0, 0.1) is 16.4 Å². The van der Waals surface area contributed by atoms with Crippen LogP contribution >= 0.6 is 22.6 Å². The number of hydrogen-bond acceptors (Lipinski definition) is 2. The fraction of sp³-hybridized carbons (Fsp3) is 0.400. The van der Waals surface area contributed by atoms with E-state index in [2.05, 4.69) is 9.98 Å². The third-order valence-electron chi connectivity index (χ3n) is 1.99. The van der Waals surface area contributed by atoms with Crippen molar-refractivity contribution in [3.63, 3.8) is 0 Å². The lowest BCUT2D eigenvalue weighted by molar-refractivity contribution is 0.551. The van der Waals surface area contributed by atoms with E-state index in [0.29, 0.717) is 15.0 Å². The van der Waals surface area contributed by atoms with Crippen molar-refractivity contribution in [1.29, 1.82) is 0 Å². The fourth-order valence-electron chi connectivity index (χ4n) is 0.915. The summed E-state index contributed by atoms with van der Waals surface area (Å²) in [6.45, 7) is 4.66. The zero-order chi connectivity index (χ0) is 11.4. The smallest absolute Gasteiger partial charge is 0.226 e. The van der Waals surface area contributed by atoms with Gasteiger partial charge in [0.15, 0.2) is 0 Å². The second-order valence-corrected chi connectivity index (χ2v) is 4.35. The number of hydrogen-bond donors (Lipinski definition) is 0. The Bertz CT molecular complexity index is 379. The summed E-state index contributed by atoms with van der Waals surface area (Å²) >= 11 is 1.91. The highest BCUT2D eigenvalue weighted by atomic mass is 127. The van der Waals surface area contributed by atoms with E-state index in [1.807, 2.05) is 41.5 Å². The first kappa shape index (κ1) is 12.4. The molecule has 3 nitrogen and oxygen atoms in total. The second-order valence-electron chi connectivity index (χ2n) is 3.18. The van der Waals surface area contributed by atoms with Gasteiger partial charge in [-0.05, 0) is 42.5 Å². The van der Waals surface area contributed by atoms with Crippen LogP contribution in [0.1, 0.15) is 12.6 Å². The van der Waals surface area contributed by atoms with Crippen LogP contribution in [0.3, 0.4) is 0 Å². The Hall–Kier alpha value is -0.720. The van der Waals surface area contributed by atoms with E-state index in [1.165, 1.54) is 0 Å². The lowest BCUT2D eigenvalue weighted by Gasteiger charge is -2.08. The molecule has 0 amide bonds. The number of halogens is 2. The highest BCUT2D eigenvalue weighted by Gasteiger charge is 2.05. The summed E-state index contributed by atoms with van der Waals surface area (Å²) in [5.74, 6) is -0.434. The molecule has 0 saturated carbocycles. The predicted molar refractivity (Wildman–Crippen MR) is 68.1 cm³/mol. The van der Waals surface area contributed by atoms with Crippen LogP contribution in [-0.4, -0.2) is 29.8 Å². The first-order valence-electron chi connectivity index (χ1n) is 4.61. The maximum absolute atomic E-state index is 13.0. The molecule has 0 aliphatic rings. The quantitative estimate of drug-likeness (QED) is 0.371. The molecular formula is C10H13FIN3. The van der Waals surface area contributed by atoms with Crippen molar-refractivity contribution in [2.24, 2.45) is 4.99 Å². The molecule has 1 rings (SSSR count). The topological polar surface area (TPSA) is 28.5 Å². The van der Waals surface area contributed by atoms with Crippen LogP contribution in [0.4, 0.5) is 10.1 Å². The van der Waals surface area contributed by atoms with E-state index < -0.39 is 5.95 Å². The van der Waals surface area contributed by atoms with Gasteiger partial charge in [-0.1, -0.05) is 0 Å². The first-order valence-corrected chi connectivity index (χ1v) is 5.69. The minimum absolute atomic E-state index is 0.434. The largest absolute Gasteiger partial charge is 0.366 e. The summed E-state index contributed by atoms with van der Waals surface area (Å²) in [6.07, 6.45) is 1.72. The number of rotatable bonds is 3. The van der Waals surface area contributed by atoms with Crippen LogP contribution < -0.4 is 0 Å². The van der Waals surface area contributed by atoms with E-state index in [9.17, 15) is 4.39 Å². The van der Waals surface area contributed by atoms with Crippen molar-refractivity contribution in [1.82, 2.24) is 9.88 Å². The predicted octanol–water partition coefficient (Wildman–Crippen LogP) is 2.75. The molecule has 0 aliphatic carbocycles. The summed E-state index contributed by atoms with van der Waals surface area (Å²) in [6, 6.07) is 1.69. The molecular weight excluding hydrogens is 308 g/mol. The van der Waals surface area contributed by atoms with Gasteiger partial charge in [0.25, 0.3) is 0 Å². The Morgan fingerprint density at radius 1 is 1.67 bits per heavy atom. The van der Waals surface area contributed by atoms with Crippen LogP contribution in [-0.2, 0) is 0 Å². The molecule has 0 aliphatic heterocycles. The average Bonchev–Trinajstić information content (AvgIpc) is 2.21. The van der Waals surface area contributed by atoms with Gasteiger partial charge in [0, 0.05) is 13.6 Å². The zero-order valence-corrected chi connectivity index (χ0v) is 11.1. The molecule has 0 atom stereocenters. The Morgan fingerprint density at radius 2 is 2.33 bits per heavy atom. The molecule has 0 spiro atoms. The number of nitrogens with zero attached hydrogens (tertiary/aromatic N) is 3. The van der Waals surface area contributed by atoms with Crippen molar-refractivity contribution in [2.45, 2.75) is 13.8 Å². The molecule has 0 radical (unpaired) electrons. The minimum atomic E-state index is -0.434. The molecule has 0 saturated heterocycles. The maximum Gasteiger partial charge on any atom is 0.226 e. The zero-order valence-electron chi connectivity index (χ0n) is 8.96. The summed E-state index contributed by atoms with van der Waals surface area (Å²) in [5.41, 5.74) is 1.31. The van der Waals surface area contributed by atoms with Gasteiger partial charge in [0.05, 0.1) is 21.3 Å². The lowest BCUT2D eigenvalue weighted by Crippen LogP contribution is -2.14. The molecule has 82 valence electrons. The Kier molecular flexibility index (Phi) is 4.44. The monoisotopic (exact) mass is 321 g/mol. The molecule has 0 bridgehead atoms. The molecule has 1 aromatic rings. The summed E-state index contributed by atoms with van der Waals surface area (Å²) in [4.78, 5) is 9.96. The lowest BCUT2D eigenvalue weighted by atomic mass is 10.3. The van der Waals surface area contributed by atoms with Gasteiger partial charge < -0.3 is 4.90 Å². The van der Waals surface area contributed by atoms with Crippen LogP contribution in [0.2, 0.25) is 0 Å². The normalized spacial score (nSPS) is 11.0. The van der Waals surface area contributed by atoms with E-state index in [4.69, 9.17) is 0 Å². The summed E-state index contributed by atoms with van der Waals surface area (Å²) < 4.78 is 13.5. The van der Waals surface area contributed by atoms with Crippen LogP contribution in [0.25, 0.3) is 0 Å². The standard InChI is InChI=1S/C10H13FIN3/c1-4-15(3)6-13-9-5-8(12)10(11)14-7(9)2/h5-6H,4H2,1-3H3. The van der Waals surface area contributed by atoms with Gasteiger partial charge in [-0.25, -0.2) is 9.98 Å². The average molecular weight is 321 g/mol. The molecule has 0 aromatic carbocycles. The van der Waals surface area contributed by atoms with Crippen molar-refractivity contribution < 1.29 is 4.39 Å². The van der Waals surface area contributed by atoms with Crippen molar-refractivity contribution >= 4 is 34.6 Å². The Morgan fingerprint density at radius 3 is 2.93 bits per heavy atom. The van der Waals surface area contributed by atoms with E-state index in [-0.39, 0.29) is 0 Å². The van der Waals surface area contributed by atoms with E-state index in [0.717, 1.165) is 6.54 Å². The van der Waals surface area contributed by atoms with Gasteiger partial charge in [-0.3, -0.25) is 0 Å². The number of aryl methyl sites for hydroxylation is 1. The third kappa shape index (κ3) is 3.40. The highest BCUT2D eigenvalue weighted by Crippen LogP contribution is 2.20. The highest BCUT2D eigenvalue weighted by molar-refractivity contribution is 14.1. The van der Waals surface area contributed by atoms with Gasteiger partial charge in [-0.15, -0.1) is 0 Å². The number of aliphatic imine (C=N–C) groups is 1. The van der Waals surface area contributed by atoms with Crippen LogP contribution in [0.5, 0.6) is 0 Å². The molecule has 5 heteroatoms. The Balaban J connectivity index is 2.95. The number of pyridine rings is 1. The van der Waals surface area contributed by atoms with E-state index in [1.54, 1.807) is 19.3 Å². The van der Waals surface area contributed by atoms with Crippen molar-refractivity contribution in [3.05, 3.63) is 21.3 Å². The van der Waals surface area contributed by atoms with Gasteiger partial charge in [0.2, 0.25) is 5.95 Å². The molecule has 15 heavy (non-hydrogen) atoms. The van der Waals surface area contributed by atoms with E-state index >= 15 is 0 Å². The molecule has 1 heterocycles. The molecule has 0 unspecified atom stereocenters. The second kappa shape index (κ2) is 5.39. The SMILES string of the molecule is CCN(C)C=Nc1cc(I)c(F)nc1C. The maximum atomic E-state index is 13.0. The van der Waals surface area contributed by atoms with Crippen molar-refractivity contribution in [2.75, 3.05) is 13.6 Å². The van der Waals surface area contributed by atoms with Gasteiger partial charge >= 0.3 is 0 Å².